The molecule has 35 heavy (non-hydrogen) atoms. The van der Waals surface area contributed by atoms with Crippen molar-refractivity contribution in [3.63, 3.8) is 0 Å². The van der Waals surface area contributed by atoms with E-state index in [-0.39, 0.29) is 22.0 Å². The Balaban J connectivity index is 1.59. The quantitative estimate of drug-likeness (QED) is 0.313. The number of hydrogen-bond acceptors (Lipinski definition) is 3. The lowest BCUT2D eigenvalue weighted by Crippen LogP contribution is -2.40. The number of nitrogens with one attached hydrogen (secondary N) is 1. The Kier molecular flexibility index (Phi) is 7.72. The molecule has 9 heteroatoms. The number of carbonyl (C=O) groups excluding carboxylic acids is 1. The number of sulfonamides is 1. The van der Waals surface area contributed by atoms with E-state index in [0.717, 1.165) is 20.6 Å². The van der Waals surface area contributed by atoms with Crippen molar-refractivity contribution in [2.45, 2.75) is 18.0 Å². The molecule has 0 atom stereocenters. The summed E-state index contributed by atoms with van der Waals surface area (Å²) in [5, 5.41) is 5.22. The van der Waals surface area contributed by atoms with Crippen molar-refractivity contribution in [1.29, 1.82) is 0 Å². The minimum Gasteiger partial charge on any atom is -0.351 e. The number of benzene rings is 4. The van der Waals surface area contributed by atoms with E-state index in [9.17, 15) is 17.6 Å². The Morgan fingerprint density at radius 1 is 0.886 bits per heavy atom. The highest BCUT2D eigenvalue weighted by atomic mass is 35.5. The largest absolute Gasteiger partial charge is 0.351 e. The third-order valence-electron chi connectivity index (χ3n) is 5.52. The lowest BCUT2D eigenvalue weighted by atomic mass is 10.0. The zero-order valence-corrected chi connectivity index (χ0v) is 20.7. The fourth-order valence-corrected chi connectivity index (χ4v) is 5.41. The van der Waals surface area contributed by atoms with Gasteiger partial charge in [0.1, 0.15) is 5.82 Å². The van der Waals surface area contributed by atoms with Gasteiger partial charge in [-0.25, -0.2) is 12.8 Å². The number of fused-ring (bicyclic) bond motifs is 1. The smallest absolute Gasteiger partial charge is 0.243 e. The van der Waals surface area contributed by atoms with Gasteiger partial charge in [0, 0.05) is 28.7 Å². The third-order valence-corrected chi connectivity index (χ3v) is 7.94. The molecule has 0 heterocycles. The van der Waals surface area contributed by atoms with Crippen LogP contribution in [0.1, 0.15) is 11.1 Å². The molecule has 1 amide bonds. The van der Waals surface area contributed by atoms with Crippen LogP contribution >= 0.6 is 23.2 Å². The van der Waals surface area contributed by atoms with Gasteiger partial charge in [0.15, 0.2) is 0 Å². The van der Waals surface area contributed by atoms with E-state index in [1.54, 1.807) is 0 Å². The van der Waals surface area contributed by atoms with Gasteiger partial charge >= 0.3 is 0 Å². The zero-order chi connectivity index (χ0) is 25.0. The first-order valence-corrected chi connectivity index (χ1v) is 12.9. The van der Waals surface area contributed by atoms with E-state index < -0.39 is 34.8 Å². The molecule has 4 rings (SSSR count). The van der Waals surface area contributed by atoms with Crippen LogP contribution in [0.3, 0.4) is 0 Å². The second kappa shape index (κ2) is 10.7. The molecule has 4 aromatic carbocycles. The molecule has 5 nitrogen and oxygen atoms in total. The van der Waals surface area contributed by atoms with E-state index in [1.807, 2.05) is 42.5 Å². The Morgan fingerprint density at radius 3 is 2.31 bits per heavy atom. The SMILES string of the molecule is O=C(CN(Cc1c(F)cccc1Cl)S(=O)(=O)c1ccc(Cl)cc1)NCc1cccc2ccccc12. The molecule has 4 aromatic rings. The molecule has 180 valence electrons. The van der Waals surface area contributed by atoms with Gasteiger partial charge < -0.3 is 5.32 Å². The summed E-state index contributed by atoms with van der Waals surface area (Å²) in [6, 6.07) is 23.1. The molecule has 0 bridgehead atoms. The molecule has 0 fully saturated rings. The summed E-state index contributed by atoms with van der Waals surface area (Å²) in [6.07, 6.45) is 0. The van der Waals surface area contributed by atoms with E-state index in [4.69, 9.17) is 23.2 Å². The van der Waals surface area contributed by atoms with Crippen molar-refractivity contribution in [3.8, 4) is 0 Å². The summed E-state index contributed by atoms with van der Waals surface area (Å²) < 4.78 is 42.2. The van der Waals surface area contributed by atoms with Crippen molar-refractivity contribution in [2.24, 2.45) is 0 Å². The van der Waals surface area contributed by atoms with E-state index in [0.29, 0.717) is 5.02 Å². The van der Waals surface area contributed by atoms with Crippen LogP contribution in [0.4, 0.5) is 4.39 Å². The molecular weight excluding hydrogens is 510 g/mol. The van der Waals surface area contributed by atoms with Gasteiger partial charge in [-0.15, -0.1) is 0 Å². The summed E-state index contributed by atoms with van der Waals surface area (Å²) in [5.74, 6) is -1.20. The molecule has 1 N–H and O–H groups in total. The average Bonchev–Trinajstić information content (AvgIpc) is 2.84. The van der Waals surface area contributed by atoms with Crippen LogP contribution in [0.25, 0.3) is 10.8 Å². The van der Waals surface area contributed by atoms with Crippen LogP contribution in [0.5, 0.6) is 0 Å². The van der Waals surface area contributed by atoms with Crippen molar-refractivity contribution in [2.75, 3.05) is 6.54 Å². The van der Waals surface area contributed by atoms with Gasteiger partial charge in [-0.05, 0) is 52.7 Å². The van der Waals surface area contributed by atoms with Crippen molar-refractivity contribution < 1.29 is 17.6 Å². The van der Waals surface area contributed by atoms with Gasteiger partial charge in [0.2, 0.25) is 15.9 Å². The van der Waals surface area contributed by atoms with Gasteiger partial charge in [-0.3, -0.25) is 4.79 Å². The predicted molar refractivity (Wildman–Crippen MR) is 136 cm³/mol. The molecule has 0 aliphatic rings. The third kappa shape index (κ3) is 5.82. The normalized spacial score (nSPS) is 11.7. The molecule has 0 aliphatic carbocycles. The van der Waals surface area contributed by atoms with Gasteiger partial charge in [0.25, 0.3) is 0 Å². The van der Waals surface area contributed by atoms with E-state index >= 15 is 0 Å². The number of rotatable bonds is 8. The van der Waals surface area contributed by atoms with Crippen LogP contribution in [0.2, 0.25) is 10.0 Å². The standard InChI is InChI=1S/C26H21Cl2FN2O3S/c27-20-11-13-21(14-12-20)35(33,34)31(16-23-24(28)9-4-10-25(23)29)17-26(32)30-15-19-7-3-6-18-5-1-2-8-22(18)19/h1-14H,15-17H2,(H,30,32). The van der Waals surface area contributed by atoms with Crippen molar-refractivity contribution in [1.82, 2.24) is 9.62 Å². The average molecular weight is 531 g/mol. The van der Waals surface area contributed by atoms with E-state index in [1.165, 1.54) is 42.5 Å². The van der Waals surface area contributed by atoms with E-state index in [2.05, 4.69) is 5.32 Å². The number of carbonyl (C=O) groups is 1. The van der Waals surface area contributed by atoms with Crippen LogP contribution in [0, 0.1) is 5.82 Å². The summed E-state index contributed by atoms with van der Waals surface area (Å²) >= 11 is 12.0. The lowest BCUT2D eigenvalue weighted by Gasteiger charge is -2.23. The van der Waals surface area contributed by atoms with Gasteiger partial charge in [-0.2, -0.15) is 4.31 Å². The first-order chi connectivity index (χ1) is 16.8. The number of halogens is 3. The second-order valence-electron chi connectivity index (χ2n) is 7.84. The first kappa shape index (κ1) is 25.1. The van der Waals surface area contributed by atoms with Crippen LogP contribution in [-0.2, 0) is 27.9 Å². The zero-order valence-electron chi connectivity index (χ0n) is 18.4. The topological polar surface area (TPSA) is 66.5 Å². The molecule has 0 spiro atoms. The van der Waals surface area contributed by atoms with Crippen LogP contribution < -0.4 is 5.32 Å². The Hall–Kier alpha value is -2.97. The Labute approximate surface area is 213 Å². The monoisotopic (exact) mass is 530 g/mol. The molecule has 0 saturated heterocycles. The molecular formula is C26H21Cl2FN2O3S. The summed E-state index contributed by atoms with van der Waals surface area (Å²) in [4.78, 5) is 12.8. The van der Waals surface area contributed by atoms with Crippen molar-refractivity contribution >= 4 is 49.9 Å². The molecule has 0 aliphatic heterocycles. The molecule has 0 radical (unpaired) electrons. The van der Waals surface area contributed by atoms with Crippen LogP contribution in [0.15, 0.2) is 89.8 Å². The number of hydrogen-bond donors (Lipinski definition) is 1. The maximum Gasteiger partial charge on any atom is 0.243 e. The second-order valence-corrected chi connectivity index (χ2v) is 10.6. The highest BCUT2D eigenvalue weighted by Crippen LogP contribution is 2.25. The highest BCUT2D eigenvalue weighted by Gasteiger charge is 2.28. The predicted octanol–water partition coefficient (Wildman–Crippen LogP) is 5.79. The van der Waals surface area contributed by atoms with Crippen molar-refractivity contribution in [3.05, 3.63) is 112 Å². The Morgan fingerprint density at radius 2 is 1.57 bits per heavy atom. The fraction of sp³-hybridized carbons (Fsp3) is 0.115. The minimum absolute atomic E-state index is 0.0199. The molecule has 0 aromatic heterocycles. The van der Waals surface area contributed by atoms with Gasteiger partial charge in [-0.1, -0.05) is 71.7 Å². The highest BCUT2D eigenvalue weighted by molar-refractivity contribution is 7.89. The molecule has 0 unspecified atom stereocenters. The van der Waals surface area contributed by atoms with Gasteiger partial charge in [0.05, 0.1) is 11.4 Å². The summed E-state index contributed by atoms with van der Waals surface area (Å²) in [5.41, 5.74) is 0.870. The molecule has 0 saturated carbocycles. The fourth-order valence-electron chi connectivity index (χ4n) is 3.70. The lowest BCUT2D eigenvalue weighted by molar-refractivity contribution is -0.121. The maximum atomic E-state index is 14.5. The number of nitrogens with zero attached hydrogens (tertiary/aromatic N) is 1. The summed E-state index contributed by atoms with van der Waals surface area (Å²) in [6.45, 7) is -0.742. The van der Waals surface area contributed by atoms with Crippen LogP contribution in [-0.4, -0.2) is 25.2 Å². The summed E-state index contributed by atoms with van der Waals surface area (Å²) in [7, 11) is -4.17. The minimum atomic E-state index is -4.17. The Bertz CT molecular complexity index is 1450. The number of amides is 1. The first-order valence-electron chi connectivity index (χ1n) is 10.7. The maximum absolute atomic E-state index is 14.5.